The Labute approximate surface area is 102 Å². The molecule has 0 aliphatic rings. The predicted molar refractivity (Wildman–Crippen MR) is 56.7 cm³/mol. The molecule has 0 bridgehead atoms. The third-order valence-electron chi connectivity index (χ3n) is 2.45. The maximum absolute atomic E-state index is 4.50. The van der Waals surface area contributed by atoms with Gasteiger partial charge in [-0.2, -0.15) is 0 Å². The molecule has 0 N–H and O–H groups in total. The van der Waals surface area contributed by atoms with Gasteiger partial charge in [0.05, 0.1) is 0 Å². The molecule has 0 spiro atoms. The van der Waals surface area contributed by atoms with Gasteiger partial charge >= 0.3 is 102 Å². The third-order valence-corrected chi connectivity index (χ3v) is 3.00. The molecule has 0 atom stereocenters. The van der Waals surface area contributed by atoms with E-state index in [0.717, 1.165) is 0 Å². The molecule has 0 amide bonds. The fourth-order valence-electron chi connectivity index (χ4n) is 1.64. The van der Waals surface area contributed by atoms with E-state index in [2.05, 4.69) is 48.8 Å². The zero-order valence-electron chi connectivity index (χ0n) is 9.33. The Balaban J connectivity index is 3.32. The van der Waals surface area contributed by atoms with Crippen molar-refractivity contribution in [3.63, 3.8) is 0 Å². The molecule has 1 aromatic rings. The van der Waals surface area contributed by atoms with Crippen molar-refractivity contribution >= 4 is 5.69 Å². The molecule has 74 valence electrons. The molecule has 0 fully saturated rings. The summed E-state index contributed by atoms with van der Waals surface area (Å²) in [5.74, 6) is 1.13. The summed E-state index contributed by atoms with van der Waals surface area (Å²) in [7, 11) is 0. The number of benzene rings is 1. The van der Waals surface area contributed by atoms with Gasteiger partial charge in [-0.3, -0.25) is 0 Å². The van der Waals surface area contributed by atoms with Gasteiger partial charge in [-0.1, -0.05) is 0 Å². The van der Waals surface area contributed by atoms with Crippen molar-refractivity contribution in [2.75, 3.05) is 0 Å². The number of hydrogen-bond acceptors (Lipinski definition) is 1. The normalized spacial score (nSPS) is 10.9. The van der Waals surface area contributed by atoms with Gasteiger partial charge in [-0.25, -0.2) is 0 Å². The molecule has 1 aromatic carbocycles. The van der Waals surface area contributed by atoms with Gasteiger partial charge in [-0.15, -0.1) is 0 Å². The summed E-state index contributed by atoms with van der Waals surface area (Å²) in [6.45, 7) is 8.91. The van der Waals surface area contributed by atoms with Crippen molar-refractivity contribution in [3.05, 3.63) is 29.3 Å². The fourth-order valence-corrected chi connectivity index (χ4v) is 2.28. The van der Waals surface area contributed by atoms with Crippen LogP contribution < -0.4 is 0 Å². The van der Waals surface area contributed by atoms with Crippen molar-refractivity contribution in [3.8, 4) is 0 Å². The van der Waals surface area contributed by atoms with Crippen LogP contribution in [0.25, 0.3) is 0 Å². The first-order valence-corrected chi connectivity index (χ1v) is 6.18. The van der Waals surface area contributed by atoms with Gasteiger partial charge in [0.15, 0.2) is 0 Å². The van der Waals surface area contributed by atoms with E-state index in [1.165, 1.54) is 41.4 Å². The van der Waals surface area contributed by atoms with Crippen molar-refractivity contribution in [2.24, 2.45) is 2.87 Å². The zero-order valence-corrected chi connectivity index (χ0v) is 11.8. The zero-order chi connectivity index (χ0) is 10.7. The van der Waals surface area contributed by atoms with E-state index in [1.54, 1.807) is 0 Å². The first kappa shape index (κ1) is 12.0. The van der Waals surface area contributed by atoms with Crippen LogP contribution in [-0.4, -0.2) is 0 Å². The SMILES string of the molecule is CC(C)c1cccc(C(C)C)c1[N]=[Zr]. The fraction of sp³-hybridized carbons (Fsp3) is 0.500. The van der Waals surface area contributed by atoms with Crippen LogP contribution in [0.4, 0.5) is 5.69 Å². The Morgan fingerprint density at radius 1 is 1.00 bits per heavy atom. The van der Waals surface area contributed by atoms with E-state index in [4.69, 9.17) is 0 Å². The Bertz CT molecular complexity index is 303. The molecule has 0 saturated carbocycles. The van der Waals surface area contributed by atoms with Crippen molar-refractivity contribution in [2.45, 2.75) is 39.5 Å². The van der Waals surface area contributed by atoms with Gasteiger partial charge < -0.3 is 0 Å². The van der Waals surface area contributed by atoms with Crippen LogP contribution >= 0.6 is 0 Å². The third kappa shape index (κ3) is 2.48. The van der Waals surface area contributed by atoms with Crippen LogP contribution in [-0.2, 0) is 24.6 Å². The maximum atomic E-state index is 4.50. The topological polar surface area (TPSA) is 12.4 Å². The molecule has 0 saturated heterocycles. The minimum atomic E-state index is 0.563. The van der Waals surface area contributed by atoms with Gasteiger partial charge in [0, 0.05) is 0 Å². The molecule has 0 aliphatic carbocycles. The van der Waals surface area contributed by atoms with Gasteiger partial charge in [0.2, 0.25) is 0 Å². The van der Waals surface area contributed by atoms with Crippen LogP contribution in [0.2, 0.25) is 0 Å². The molecule has 1 nitrogen and oxygen atoms in total. The molecule has 14 heavy (non-hydrogen) atoms. The molecule has 0 aliphatic heterocycles. The monoisotopic (exact) mass is 265 g/mol. The Kier molecular flexibility index (Phi) is 4.38. The number of nitrogens with zero attached hydrogens (tertiary/aromatic N) is 1. The summed E-state index contributed by atoms with van der Waals surface area (Å²) < 4.78 is 4.50. The second-order valence-corrected chi connectivity index (χ2v) is 4.76. The molecule has 0 heterocycles. The predicted octanol–water partition coefficient (Wildman–Crippen LogP) is 4.30. The summed E-state index contributed by atoms with van der Waals surface area (Å²) in [6, 6.07) is 6.54. The van der Waals surface area contributed by atoms with Gasteiger partial charge in [-0.05, 0) is 0 Å². The van der Waals surface area contributed by atoms with Crippen LogP contribution in [0.15, 0.2) is 21.1 Å². The average Bonchev–Trinajstić information content (AvgIpc) is 2.16. The standard InChI is InChI=1S/C12H17N.Zr/c1-8(2)10-6-5-7-11(9(3)4)12(10)13;/h5-9H,1-4H3;. The van der Waals surface area contributed by atoms with Gasteiger partial charge in [0.1, 0.15) is 0 Å². The number of rotatable bonds is 3. The van der Waals surface area contributed by atoms with Gasteiger partial charge in [0.25, 0.3) is 0 Å². The Morgan fingerprint density at radius 2 is 1.43 bits per heavy atom. The summed E-state index contributed by atoms with van der Waals surface area (Å²) in [4.78, 5) is 0. The van der Waals surface area contributed by atoms with Crippen LogP contribution in [0, 0.1) is 0 Å². The second-order valence-electron chi connectivity index (χ2n) is 4.21. The van der Waals surface area contributed by atoms with Crippen LogP contribution in [0.1, 0.15) is 50.7 Å². The summed E-state index contributed by atoms with van der Waals surface area (Å²) in [5.41, 5.74) is 4.00. The summed E-state index contributed by atoms with van der Waals surface area (Å²) in [6.07, 6.45) is 0. The average molecular weight is 266 g/mol. The van der Waals surface area contributed by atoms with E-state index in [9.17, 15) is 0 Å². The summed E-state index contributed by atoms with van der Waals surface area (Å²) >= 11 is 1.24. The Hall–Kier alpha value is -0.0969. The molecular formula is C12H17NZr. The molecule has 0 aromatic heterocycles. The number of hydrogen-bond donors (Lipinski definition) is 0. The molecule has 2 heteroatoms. The van der Waals surface area contributed by atoms with E-state index in [1.807, 2.05) is 0 Å². The Morgan fingerprint density at radius 3 is 1.71 bits per heavy atom. The molecule has 0 unspecified atom stereocenters. The second kappa shape index (κ2) is 5.12. The van der Waals surface area contributed by atoms with E-state index in [-0.39, 0.29) is 0 Å². The molecule has 0 radical (unpaired) electrons. The molecular weight excluding hydrogens is 249 g/mol. The van der Waals surface area contributed by atoms with Crippen molar-refractivity contribution in [1.82, 2.24) is 0 Å². The summed E-state index contributed by atoms with van der Waals surface area (Å²) in [5, 5.41) is 0. The first-order valence-electron chi connectivity index (χ1n) is 5.08. The van der Waals surface area contributed by atoms with E-state index in [0.29, 0.717) is 11.8 Å². The quantitative estimate of drug-likeness (QED) is 0.773. The van der Waals surface area contributed by atoms with Crippen molar-refractivity contribution < 1.29 is 24.6 Å². The van der Waals surface area contributed by atoms with E-state index < -0.39 is 0 Å². The molecule has 1 rings (SSSR count). The van der Waals surface area contributed by atoms with E-state index >= 15 is 0 Å². The van der Waals surface area contributed by atoms with Crippen LogP contribution in [0.5, 0.6) is 0 Å². The van der Waals surface area contributed by atoms with Crippen molar-refractivity contribution in [1.29, 1.82) is 0 Å². The minimum absolute atomic E-state index is 0.563. The first-order chi connectivity index (χ1) is 6.57. The van der Waals surface area contributed by atoms with Crippen LogP contribution in [0.3, 0.4) is 0 Å².